The first-order valence-electron chi connectivity index (χ1n) is 6.45. The molecular formula is C16H15FN2O3. The molecule has 0 aliphatic heterocycles. The number of aromatic nitrogens is 1. The third-order valence-electron chi connectivity index (χ3n) is 2.81. The van der Waals surface area contributed by atoms with Crippen molar-refractivity contribution in [3.8, 4) is 11.5 Å². The number of pyridine rings is 1. The largest absolute Gasteiger partial charge is 0.493 e. The molecule has 22 heavy (non-hydrogen) atoms. The van der Waals surface area contributed by atoms with Crippen LogP contribution in [0.15, 0.2) is 42.6 Å². The van der Waals surface area contributed by atoms with Crippen molar-refractivity contribution in [2.24, 2.45) is 0 Å². The van der Waals surface area contributed by atoms with E-state index in [1.807, 2.05) is 0 Å². The SMILES string of the molecule is COc1ccc(C=CC(=O)Nc2ccc(F)cn2)cc1OC. The standard InChI is InChI=1S/C16H15FN2O3/c1-21-13-6-3-11(9-14(13)22-2)4-8-16(20)19-15-7-5-12(17)10-18-15/h3-10H,1-2H3,(H,18,19,20). The van der Waals surface area contributed by atoms with E-state index in [1.165, 1.54) is 25.3 Å². The van der Waals surface area contributed by atoms with Gasteiger partial charge in [0.25, 0.3) is 0 Å². The summed E-state index contributed by atoms with van der Waals surface area (Å²) in [4.78, 5) is 15.5. The molecule has 0 atom stereocenters. The summed E-state index contributed by atoms with van der Waals surface area (Å²) in [6.07, 6.45) is 4.01. The van der Waals surface area contributed by atoms with Gasteiger partial charge in [-0.15, -0.1) is 0 Å². The van der Waals surface area contributed by atoms with Gasteiger partial charge in [-0.05, 0) is 35.9 Å². The molecule has 1 amide bonds. The summed E-state index contributed by atoms with van der Waals surface area (Å²) >= 11 is 0. The molecule has 0 spiro atoms. The lowest BCUT2D eigenvalue weighted by molar-refractivity contribution is -0.111. The van der Waals surface area contributed by atoms with Crippen LogP contribution in [0.1, 0.15) is 5.56 Å². The molecule has 6 heteroatoms. The van der Waals surface area contributed by atoms with Crippen molar-refractivity contribution in [2.45, 2.75) is 0 Å². The minimum Gasteiger partial charge on any atom is -0.493 e. The highest BCUT2D eigenvalue weighted by Gasteiger charge is 2.03. The summed E-state index contributed by atoms with van der Waals surface area (Å²) in [6.45, 7) is 0. The number of carbonyl (C=O) groups excluding carboxylic acids is 1. The van der Waals surface area contributed by atoms with Gasteiger partial charge in [0, 0.05) is 6.08 Å². The van der Waals surface area contributed by atoms with Crippen LogP contribution in [0.2, 0.25) is 0 Å². The van der Waals surface area contributed by atoms with Crippen LogP contribution in [0.25, 0.3) is 6.08 Å². The lowest BCUT2D eigenvalue weighted by atomic mass is 10.2. The van der Waals surface area contributed by atoms with Crippen molar-refractivity contribution in [2.75, 3.05) is 19.5 Å². The Morgan fingerprint density at radius 2 is 1.95 bits per heavy atom. The molecule has 5 nitrogen and oxygen atoms in total. The van der Waals surface area contributed by atoms with Crippen LogP contribution in [-0.4, -0.2) is 25.1 Å². The molecule has 2 aromatic rings. The number of nitrogens with zero attached hydrogens (tertiary/aromatic N) is 1. The number of nitrogens with one attached hydrogen (secondary N) is 1. The number of anilines is 1. The van der Waals surface area contributed by atoms with E-state index < -0.39 is 5.82 Å². The van der Waals surface area contributed by atoms with Gasteiger partial charge in [-0.3, -0.25) is 4.79 Å². The van der Waals surface area contributed by atoms with Crippen molar-refractivity contribution in [3.63, 3.8) is 0 Å². The van der Waals surface area contributed by atoms with E-state index >= 15 is 0 Å². The highest BCUT2D eigenvalue weighted by Crippen LogP contribution is 2.27. The van der Waals surface area contributed by atoms with Gasteiger partial charge in [-0.25, -0.2) is 9.37 Å². The number of hydrogen-bond donors (Lipinski definition) is 1. The average molecular weight is 302 g/mol. The molecule has 1 heterocycles. The predicted molar refractivity (Wildman–Crippen MR) is 81.4 cm³/mol. The van der Waals surface area contributed by atoms with Crippen molar-refractivity contribution in [3.05, 3.63) is 54.0 Å². The molecule has 0 radical (unpaired) electrons. The van der Waals surface area contributed by atoms with Crippen LogP contribution in [0.5, 0.6) is 11.5 Å². The molecule has 2 rings (SSSR count). The predicted octanol–water partition coefficient (Wildman–Crippen LogP) is 2.89. The van der Waals surface area contributed by atoms with E-state index in [1.54, 1.807) is 31.4 Å². The fourth-order valence-electron chi connectivity index (χ4n) is 1.75. The van der Waals surface area contributed by atoms with Gasteiger partial charge in [0.15, 0.2) is 11.5 Å². The Hall–Kier alpha value is -2.89. The Bertz CT molecular complexity index is 684. The molecule has 0 aliphatic rings. The first-order valence-corrected chi connectivity index (χ1v) is 6.45. The summed E-state index contributed by atoms with van der Waals surface area (Å²) in [7, 11) is 3.09. The number of rotatable bonds is 5. The summed E-state index contributed by atoms with van der Waals surface area (Å²) in [5, 5.41) is 2.53. The highest BCUT2D eigenvalue weighted by molar-refractivity contribution is 6.01. The number of methoxy groups -OCH3 is 2. The molecule has 0 fully saturated rings. The lowest BCUT2D eigenvalue weighted by Gasteiger charge is -2.07. The second-order valence-electron chi connectivity index (χ2n) is 4.30. The Morgan fingerprint density at radius 3 is 2.59 bits per heavy atom. The summed E-state index contributed by atoms with van der Waals surface area (Å²) in [6, 6.07) is 7.90. The van der Waals surface area contributed by atoms with Crippen molar-refractivity contribution >= 4 is 17.8 Å². The Morgan fingerprint density at radius 1 is 1.18 bits per heavy atom. The molecule has 0 aliphatic carbocycles. The topological polar surface area (TPSA) is 60.5 Å². The van der Waals surface area contributed by atoms with Crippen LogP contribution in [0, 0.1) is 5.82 Å². The summed E-state index contributed by atoms with van der Waals surface area (Å²) in [5.74, 6) is 0.640. The zero-order valence-electron chi connectivity index (χ0n) is 12.2. The van der Waals surface area contributed by atoms with E-state index in [0.29, 0.717) is 11.5 Å². The second kappa shape index (κ2) is 7.21. The fourth-order valence-corrected chi connectivity index (χ4v) is 1.75. The zero-order valence-corrected chi connectivity index (χ0v) is 12.2. The molecule has 0 bridgehead atoms. The first-order chi connectivity index (χ1) is 10.6. The monoisotopic (exact) mass is 302 g/mol. The fraction of sp³-hybridized carbons (Fsp3) is 0.125. The Kier molecular flexibility index (Phi) is 5.08. The minimum absolute atomic E-state index is 0.281. The summed E-state index contributed by atoms with van der Waals surface area (Å²) < 4.78 is 23.0. The van der Waals surface area contributed by atoms with Gasteiger partial charge >= 0.3 is 0 Å². The van der Waals surface area contributed by atoms with Gasteiger partial charge in [-0.1, -0.05) is 6.07 Å². The van der Waals surface area contributed by atoms with Gasteiger partial charge in [-0.2, -0.15) is 0 Å². The Balaban J connectivity index is 2.04. The maximum Gasteiger partial charge on any atom is 0.249 e. The van der Waals surface area contributed by atoms with E-state index in [0.717, 1.165) is 11.8 Å². The van der Waals surface area contributed by atoms with Crippen LogP contribution >= 0.6 is 0 Å². The third-order valence-corrected chi connectivity index (χ3v) is 2.81. The molecule has 0 unspecified atom stereocenters. The van der Waals surface area contributed by atoms with Crippen LogP contribution < -0.4 is 14.8 Å². The third kappa shape index (κ3) is 4.05. The molecule has 0 saturated heterocycles. The second-order valence-corrected chi connectivity index (χ2v) is 4.30. The number of ether oxygens (including phenoxy) is 2. The van der Waals surface area contributed by atoms with Gasteiger partial charge in [0.1, 0.15) is 11.6 Å². The Labute approximate surface area is 127 Å². The van der Waals surface area contributed by atoms with Crippen molar-refractivity contribution in [1.82, 2.24) is 4.98 Å². The number of amides is 1. The maximum absolute atomic E-state index is 12.7. The number of halogens is 1. The van der Waals surface area contributed by atoms with Gasteiger partial charge in [0.05, 0.1) is 20.4 Å². The quantitative estimate of drug-likeness (QED) is 0.863. The van der Waals surface area contributed by atoms with Crippen LogP contribution in [0.3, 0.4) is 0 Å². The normalized spacial score (nSPS) is 10.5. The minimum atomic E-state index is -0.459. The summed E-state index contributed by atoms with van der Waals surface area (Å²) in [5.41, 5.74) is 0.778. The first kappa shape index (κ1) is 15.5. The molecular weight excluding hydrogens is 287 g/mol. The molecule has 1 aromatic heterocycles. The van der Waals surface area contributed by atoms with Crippen LogP contribution in [0.4, 0.5) is 10.2 Å². The number of carbonyl (C=O) groups is 1. The zero-order chi connectivity index (χ0) is 15.9. The van der Waals surface area contributed by atoms with Gasteiger partial charge < -0.3 is 14.8 Å². The van der Waals surface area contributed by atoms with E-state index in [2.05, 4.69) is 10.3 Å². The highest BCUT2D eigenvalue weighted by atomic mass is 19.1. The maximum atomic E-state index is 12.7. The number of hydrogen-bond acceptors (Lipinski definition) is 4. The average Bonchev–Trinajstić information content (AvgIpc) is 2.54. The smallest absolute Gasteiger partial charge is 0.249 e. The number of benzene rings is 1. The van der Waals surface area contributed by atoms with E-state index in [9.17, 15) is 9.18 Å². The molecule has 1 N–H and O–H groups in total. The lowest BCUT2D eigenvalue weighted by Crippen LogP contribution is -2.09. The van der Waals surface area contributed by atoms with Crippen molar-refractivity contribution in [1.29, 1.82) is 0 Å². The van der Waals surface area contributed by atoms with E-state index in [4.69, 9.17) is 9.47 Å². The van der Waals surface area contributed by atoms with Crippen LogP contribution in [-0.2, 0) is 4.79 Å². The molecule has 114 valence electrons. The van der Waals surface area contributed by atoms with E-state index in [-0.39, 0.29) is 11.7 Å². The van der Waals surface area contributed by atoms with Crippen molar-refractivity contribution < 1.29 is 18.7 Å². The molecule has 1 aromatic carbocycles. The van der Waals surface area contributed by atoms with Gasteiger partial charge in [0.2, 0.25) is 5.91 Å². The molecule has 0 saturated carbocycles.